The largest absolute Gasteiger partial charge is 0.481 e. The first kappa shape index (κ1) is 15.5. The molecule has 0 saturated carbocycles. The highest BCUT2D eigenvalue weighted by molar-refractivity contribution is 7.98. The maximum absolute atomic E-state index is 12.1. The van der Waals surface area contributed by atoms with Gasteiger partial charge < -0.3 is 5.11 Å². The second-order valence-electron chi connectivity index (χ2n) is 3.61. The maximum atomic E-state index is 12.1. The molecule has 0 aliphatic rings. The summed E-state index contributed by atoms with van der Waals surface area (Å²) in [5, 5.41) is 8.65. The van der Waals surface area contributed by atoms with Gasteiger partial charge in [0.1, 0.15) is 4.21 Å². The zero-order chi connectivity index (χ0) is 13.8. The number of carbonyl (C=O) groups is 1. The fourth-order valence-electron chi connectivity index (χ4n) is 1.23. The summed E-state index contributed by atoms with van der Waals surface area (Å²) in [6, 6.07) is 3.02. The first-order chi connectivity index (χ1) is 8.37. The van der Waals surface area contributed by atoms with E-state index in [0.717, 1.165) is 17.1 Å². The predicted molar refractivity (Wildman–Crippen MR) is 73.9 cm³/mol. The summed E-state index contributed by atoms with van der Waals surface area (Å²) in [6.45, 7) is 0.440. The number of sulfonamides is 1. The SMILES string of the molecule is CSCCN(C)S(=O)(=O)c1ccc(CC(=O)O)s1. The fraction of sp³-hybridized carbons (Fsp3) is 0.500. The van der Waals surface area contributed by atoms with Gasteiger partial charge in [0.2, 0.25) is 0 Å². The molecule has 0 bridgehead atoms. The van der Waals surface area contributed by atoms with Gasteiger partial charge in [0.15, 0.2) is 0 Å². The Morgan fingerprint density at radius 1 is 1.50 bits per heavy atom. The van der Waals surface area contributed by atoms with Crippen LogP contribution in [0.2, 0.25) is 0 Å². The lowest BCUT2D eigenvalue weighted by Gasteiger charge is -2.14. The van der Waals surface area contributed by atoms with Crippen LogP contribution in [0.4, 0.5) is 0 Å². The van der Waals surface area contributed by atoms with E-state index in [1.807, 2.05) is 6.26 Å². The molecule has 1 N–H and O–H groups in total. The summed E-state index contributed by atoms with van der Waals surface area (Å²) in [4.78, 5) is 11.1. The van der Waals surface area contributed by atoms with Crippen LogP contribution in [0.5, 0.6) is 0 Å². The van der Waals surface area contributed by atoms with E-state index in [2.05, 4.69) is 0 Å². The molecular weight excluding hydrogens is 294 g/mol. The molecule has 8 heteroatoms. The van der Waals surface area contributed by atoms with Crippen LogP contribution in [0, 0.1) is 0 Å². The second-order valence-corrected chi connectivity index (χ2v) is 8.04. The number of thioether (sulfide) groups is 1. The van der Waals surface area contributed by atoms with Crippen molar-refractivity contribution in [2.45, 2.75) is 10.6 Å². The van der Waals surface area contributed by atoms with Crippen molar-refractivity contribution in [3.8, 4) is 0 Å². The van der Waals surface area contributed by atoms with Crippen molar-refractivity contribution in [2.75, 3.05) is 25.6 Å². The van der Waals surface area contributed by atoms with Gasteiger partial charge in [-0.15, -0.1) is 11.3 Å². The van der Waals surface area contributed by atoms with Gasteiger partial charge in [-0.1, -0.05) is 0 Å². The molecular formula is C10H15NO4S3. The normalized spacial score (nSPS) is 11.9. The van der Waals surface area contributed by atoms with Crippen LogP contribution in [0.15, 0.2) is 16.3 Å². The van der Waals surface area contributed by atoms with Gasteiger partial charge in [0.25, 0.3) is 10.0 Å². The number of rotatable bonds is 7. The summed E-state index contributed by atoms with van der Waals surface area (Å²) in [6.07, 6.45) is 1.77. The third kappa shape index (κ3) is 3.98. The maximum Gasteiger partial charge on any atom is 0.308 e. The Labute approximate surface area is 115 Å². The Morgan fingerprint density at radius 2 is 2.17 bits per heavy atom. The molecule has 0 aliphatic heterocycles. The minimum Gasteiger partial charge on any atom is -0.481 e. The van der Waals surface area contributed by atoms with Crippen LogP contribution in [0.25, 0.3) is 0 Å². The summed E-state index contributed by atoms with van der Waals surface area (Å²) < 4.78 is 25.7. The van der Waals surface area contributed by atoms with Crippen molar-refractivity contribution in [3.05, 3.63) is 17.0 Å². The van der Waals surface area contributed by atoms with E-state index in [1.165, 1.54) is 17.4 Å². The molecule has 1 heterocycles. The highest BCUT2D eigenvalue weighted by atomic mass is 32.2. The van der Waals surface area contributed by atoms with Gasteiger partial charge in [-0.05, 0) is 18.4 Å². The van der Waals surface area contributed by atoms with E-state index >= 15 is 0 Å². The monoisotopic (exact) mass is 309 g/mol. The fourth-order valence-corrected chi connectivity index (χ4v) is 4.54. The number of carboxylic acids is 1. The van der Waals surface area contributed by atoms with Crippen molar-refractivity contribution in [3.63, 3.8) is 0 Å². The molecule has 0 atom stereocenters. The number of thiophene rings is 1. The van der Waals surface area contributed by atoms with Crippen LogP contribution < -0.4 is 0 Å². The van der Waals surface area contributed by atoms with E-state index in [1.54, 1.807) is 17.8 Å². The Balaban J connectivity index is 2.84. The number of nitrogens with zero attached hydrogens (tertiary/aromatic N) is 1. The van der Waals surface area contributed by atoms with Crippen LogP contribution in [0.1, 0.15) is 4.88 Å². The molecule has 0 spiro atoms. The number of hydrogen-bond donors (Lipinski definition) is 1. The Bertz CT molecular complexity index is 509. The summed E-state index contributed by atoms with van der Waals surface area (Å²) >= 11 is 2.59. The van der Waals surface area contributed by atoms with E-state index in [-0.39, 0.29) is 10.6 Å². The molecule has 0 radical (unpaired) electrons. The van der Waals surface area contributed by atoms with Gasteiger partial charge in [-0.2, -0.15) is 16.1 Å². The third-order valence-corrected chi connectivity index (χ3v) is 6.24. The van der Waals surface area contributed by atoms with Crippen molar-refractivity contribution in [1.29, 1.82) is 0 Å². The van der Waals surface area contributed by atoms with Gasteiger partial charge in [-0.25, -0.2) is 8.42 Å². The highest BCUT2D eigenvalue weighted by Crippen LogP contribution is 2.24. The van der Waals surface area contributed by atoms with Crippen molar-refractivity contribution in [2.24, 2.45) is 0 Å². The van der Waals surface area contributed by atoms with E-state index in [9.17, 15) is 13.2 Å². The molecule has 1 rings (SSSR count). The number of hydrogen-bond acceptors (Lipinski definition) is 5. The van der Waals surface area contributed by atoms with Crippen LogP contribution >= 0.6 is 23.1 Å². The molecule has 0 saturated heterocycles. The molecule has 5 nitrogen and oxygen atoms in total. The van der Waals surface area contributed by atoms with Crippen molar-refractivity contribution >= 4 is 39.1 Å². The number of carboxylic acid groups (broad SMARTS) is 1. The van der Waals surface area contributed by atoms with E-state index in [0.29, 0.717) is 11.4 Å². The van der Waals surface area contributed by atoms with Crippen LogP contribution in [-0.4, -0.2) is 49.4 Å². The van der Waals surface area contributed by atoms with Gasteiger partial charge in [0.05, 0.1) is 6.42 Å². The third-order valence-electron chi connectivity index (χ3n) is 2.24. The summed E-state index contributed by atoms with van der Waals surface area (Å²) in [7, 11) is -1.95. The molecule has 18 heavy (non-hydrogen) atoms. The minimum absolute atomic E-state index is 0.144. The number of aliphatic carboxylic acids is 1. The molecule has 0 aliphatic carbocycles. The molecule has 0 fully saturated rings. The lowest BCUT2D eigenvalue weighted by molar-refractivity contribution is -0.136. The summed E-state index contributed by atoms with van der Waals surface area (Å²) in [5.74, 6) is -0.236. The smallest absolute Gasteiger partial charge is 0.308 e. The first-order valence-corrected chi connectivity index (χ1v) is 8.78. The predicted octanol–water partition coefficient (Wildman–Crippen LogP) is 1.36. The Hall–Kier alpha value is -0.570. The second kappa shape index (κ2) is 6.55. The standard InChI is InChI=1S/C10H15NO4S3/c1-11(5-6-16-2)18(14,15)10-4-3-8(17-10)7-9(12)13/h3-4H,5-7H2,1-2H3,(H,12,13). The van der Waals surface area contributed by atoms with E-state index < -0.39 is 16.0 Å². The zero-order valence-corrected chi connectivity index (χ0v) is 12.6. The molecule has 0 amide bonds. The quantitative estimate of drug-likeness (QED) is 0.823. The average Bonchev–Trinajstić information content (AvgIpc) is 2.73. The summed E-state index contributed by atoms with van der Waals surface area (Å²) in [5.41, 5.74) is 0. The minimum atomic E-state index is -3.48. The zero-order valence-electron chi connectivity index (χ0n) is 10.1. The molecule has 102 valence electrons. The van der Waals surface area contributed by atoms with Gasteiger partial charge >= 0.3 is 5.97 Å². The van der Waals surface area contributed by atoms with Crippen molar-refractivity contribution < 1.29 is 18.3 Å². The molecule has 0 aromatic carbocycles. The topological polar surface area (TPSA) is 74.7 Å². The van der Waals surface area contributed by atoms with Crippen molar-refractivity contribution in [1.82, 2.24) is 4.31 Å². The van der Waals surface area contributed by atoms with Crippen LogP contribution in [0.3, 0.4) is 0 Å². The Kier molecular flexibility index (Phi) is 5.64. The van der Waals surface area contributed by atoms with E-state index in [4.69, 9.17) is 5.11 Å². The molecule has 1 aromatic rings. The lowest BCUT2D eigenvalue weighted by atomic mass is 10.3. The van der Waals surface area contributed by atoms with Gasteiger partial charge in [-0.3, -0.25) is 4.79 Å². The first-order valence-electron chi connectivity index (χ1n) is 5.13. The highest BCUT2D eigenvalue weighted by Gasteiger charge is 2.22. The van der Waals surface area contributed by atoms with Gasteiger partial charge in [0, 0.05) is 24.2 Å². The Morgan fingerprint density at radius 3 is 2.72 bits per heavy atom. The lowest BCUT2D eigenvalue weighted by Crippen LogP contribution is -2.28. The van der Waals surface area contributed by atoms with Crippen LogP contribution in [-0.2, 0) is 21.2 Å². The molecule has 0 unspecified atom stereocenters. The average molecular weight is 309 g/mol. The molecule has 1 aromatic heterocycles.